The molecule has 0 atom stereocenters. The van der Waals surface area contributed by atoms with Gasteiger partial charge in [0.2, 0.25) is 0 Å². The highest BCUT2D eigenvalue weighted by molar-refractivity contribution is 5.89. The lowest BCUT2D eigenvalue weighted by atomic mass is 10.2. The summed E-state index contributed by atoms with van der Waals surface area (Å²) in [6.45, 7) is 1.91. The molecule has 0 radical (unpaired) electrons. The number of carbonyl (C=O) groups excluding carboxylic acids is 1. The summed E-state index contributed by atoms with van der Waals surface area (Å²) in [6.07, 6.45) is 1.28. The van der Waals surface area contributed by atoms with Gasteiger partial charge in [-0.25, -0.2) is 4.79 Å². The lowest BCUT2D eigenvalue weighted by Crippen LogP contribution is -2.09. The van der Waals surface area contributed by atoms with Crippen molar-refractivity contribution >= 4 is 5.97 Å². The van der Waals surface area contributed by atoms with Gasteiger partial charge in [0.15, 0.2) is 0 Å². The zero-order chi connectivity index (χ0) is 11.6. The lowest BCUT2D eigenvalue weighted by Gasteiger charge is -2.09. The molecule has 0 aliphatic carbocycles. The molecule has 4 heteroatoms. The van der Waals surface area contributed by atoms with E-state index in [1.54, 1.807) is 24.3 Å². The predicted octanol–water partition coefficient (Wildman–Crippen LogP) is 1.24. The van der Waals surface area contributed by atoms with Crippen LogP contribution in [-0.2, 0) is 9.47 Å². The summed E-state index contributed by atoms with van der Waals surface area (Å²) in [5.41, 5.74) is 0.506. The third-order valence-corrected chi connectivity index (χ3v) is 1.91. The molecule has 0 spiro atoms. The van der Waals surface area contributed by atoms with E-state index in [9.17, 15) is 4.79 Å². The van der Waals surface area contributed by atoms with Crippen molar-refractivity contribution in [1.29, 1.82) is 0 Å². The highest BCUT2D eigenvalue weighted by atomic mass is 16.5. The number of aliphatic hydroxyl groups is 1. The Kier molecular flexibility index (Phi) is 6.22. The van der Waals surface area contributed by atoms with Crippen LogP contribution in [0.1, 0.15) is 16.8 Å². The molecule has 1 heterocycles. The number of rotatable bonds is 3. The third-order valence-electron chi connectivity index (χ3n) is 1.91. The summed E-state index contributed by atoms with van der Waals surface area (Å²) in [4.78, 5) is 11.1. The minimum absolute atomic E-state index is 0.0493. The van der Waals surface area contributed by atoms with Crippen molar-refractivity contribution in [3.63, 3.8) is 0 Å². The van der Waals surface area contributed by atoms with E-state index in [2.05, 4.69) is 4.74 Å². The number of benzene rings is 1. The Bertz CT molecular complexity index is 289. The van der Waals surface area contributed by atoms with E-state index in [0.29, 0.717) is 5.56 Å². The number of carbonyl (C=O) groups is 1. The van der Waals surface area contributed by atoms with Gasteiger partial charge in [0.1, 0.15) is 6.61 Å². The highest BCUT2D eigenvalue weighted by Crippen LogP contribution is 2.00. The van der Waals surface area contributed by atoms with E-state index in [1.807, 2.05) is 6.07 Å². The molecule has 0 saturated carbocycles. The van der Waals surface area contributed by atoms with Crippen LogP contribution < -0.4 is 0 Å². The van der Waals surface area contributed by atoms with Gasteiger partial charge in [-0.1, -0.05) is 18.2 Å². The molecule has 0 aromatic heterocycles. The first-order valence-corrected chi connectivity index (χ1v) is 5.25. The van der Waals surface area contributed by atoms with Crippen molar-refractivity contribution in [1.82, 2.24) is 0 Å². The minimum atomic E-state index is -0.398. The monoisotopic (exact) mass is 224 g/mol. The van der Waals surface area contributed by atoms with Gasteiger partial charge in [-0.2, -0.15) is 0 Å². The molecule has 1 aromatic rings. The smallest absolute Gasteiger partial charge is 0.338 e. The van der Waals surface area contributed by atoms with Crippen LogP contribution in [0.15, 0.2) is 30.3 Å². The summed E-state index contributed by atoms with van der Waals surface area (Å²) >= 11 is 0. The second-order valence-corrected chi connectivity index (χ2v) is 3.19. The topological polar surface area (TPSA) is 55.8 Å². The Morgan fingerprint density at radius 1 is 1.31 bits per heavy atom. The van der Waals surface area contributed by atoms with E-state index >= 15 is 0 Å². The summed E-state index contributed by atoms with van der Waals surface area (Å²) in [5.74, 6) is -0.398. The minimum Gasteiger partial charge on any atom is -0.460 e. The summed E-state index contributed by atoms with van der Waals surface area (Å²) in [5, 5.41) is 8.38. The quantitative estimate of drug-likeness (QED) is 0.785. The average molecular weight is 224 g/mol. The van der Waals surface area contributed by atoms with Crippen LogP contribution in [0, 0.1) is 0 Å². The standard InChI is InChI=1S/C9H10O3.C3H6O/c10-6-7-12-9(11)8-4-2-1-3-5-8;1-2-4-3-1/h1-5,10H,6-7H2;1-3H2. The number of esters is 1. The molecule has 1 saturated heterocycles. The zero-order valence-corrected chi connectivity index (χ0v) is 9.09. The first-order chi connectivity index (χ1) is 7.84. The first-order valence-electron chi connectivity index (χ1n) is 5.25. The molecule has 1 fully saturated rings. The van der Waals surface area contributed by atoms with Crippen LogP contribution in [0.25, 0.3) is 0 Å². The number of hydrogen-bond acceptors (Lipinski definition) is 4. The largest absolute Gasteiger partial charge is 0.460 e. The maximum Gasteiger partial charge on any atom is 0.338 e. The molecule has 1 aliphatic heterocycles. The van der Waals surface area contributed by atoms with Crippen molar-refractivity contribution in [2.24, 2.45) is 0 Å². The van der Waals surface area contributed by atoms with Crippen molar-refractivity contribution < 1.29 is 19.4 Å². The van der Waals surface area contributed by atoms with E-state index < -0.39 is 5.97 Å². The van der Waals surface area contributed by atoms with Gasteiger partial charge in [0, 0.05) is 13.2 Å². The van der Waals surface area contributed by atoms with E-state index in [-0.39, 0.29) is 13.2 Å². The molecule has 1 N–H and O–H groups in total. The fourth-order valence-corrected chi connectivity index (χ4v) is 0.940. The third kappa shape index (κ3) is 4.91. The van der Waals surface area contributed by atoms with Crippen LogP contribution >= 0.6 is 0 Å². The Morgan fingerprint density at radius 2 is 1.88 bits per heavy atom. The number of aliphatic hydroxyl groups excluding tert-OH is 1. The molecule has 1 aromatic carbocycles. The first kappa shape index (κ1) is 12.7. The summed E-state index contributed by atoms with van der Waals surface area (Å²) in [6, 6.07) is 8.67. The van der Waals surface area contributed by atoms with Crippen molar-refractivity contribution in [3.05, 3.63) is 35.9 Å². The Hall–Kier alpha value is -1.39. The highest BCUT2D eigenvalue weighted by Gasteiger charge is 2.03. The summed E-state index contributed by atoms with van der Waals surface area (Å²) in [7, 11) is 0. The van der Waals surface area contributed by atoms with Gasteiger partial charge < -0.3 is 14.6 Å². The molecule has 0 unspecified atom stereocenters. The van der Waals surface area contributed by atoms with Crippen LogP contribution in [0.3, 0.4) is 0 Å². The molecular formula is C12H16O4. The second-order valence-electron chi connectivity index (χ2n) is 3.19. The number of hydrogen-bond donors (Lipinski definition) is 1. The maximum atomic E-state index is 11.1. The van der Waals surface area contributed by atoms with E-state index in [1.165, 1.54) is 6.42 Å². The van der Waals surface area contributed by atoms with Gasteiger partial charge in [-0.05, 0) is 18.6 Å². The molecule has 88 valence electrons. The van der Waals surface area contributed by atoms with Crippen LogP contribution in [0.2, 0.25) is 0 Å². The normalized spacial score (nSPS) is 13.1. The van der Waals surface area contributed by atoms with Crippen molar-refractivity contribution in [3.8, 4) is 0 Å². The molecule has 0 bridgehead atoms. The molecule has 2 rings (SSSR count). The predicted molar refractivity (Wildman–Crippen MR) is 59.2 cm³/mol. The van der Waals surface area contributed by atoms with Gasteiger partial charge in [-0.3, -0.25) is 0 Å². The maximum absolute atomic E-state index is 11.1. The molecule has 1 aliphatic rings. The fraction of sp³-hybridized carbons (Fsp3) is 0.417. The van der Waals surface area contributed by atoms with Crippen LogP contribution in [-0.4, -0.2) is 37.5 Å². The van der Waals surface area contributed by atoms with Crippen molar-refractivity contribution in [2.75, 3.05) is 26.4 Å². The molecule has 4 nitrogen and oxygen atoms in total. The van der Waals surface area contributed by atoms with Gasteiger partial charge in [0.25, 0.3) is 0 Å². The molecular weight excluding hydrogens is 208 g/mol. The van der Waals surface area contributed by atoms with E-state index in [4.69, 9.17) is 9.84 Å². The Labute approximate surface area is 94.8 Å². The second kappa shape index (κ2) is 7.84. The van der Waals surface area contributed by atoms with Crippen LogP contribution in [0.5, 0.6) is 0 Å². The van der Waals surface area contributed by atoms with Gasteiger partial charge in [0.05, 0.1) is 12.2 Å². The van der Waals surface area contributed by atoms with Crippen LogP contribution in [0.4, 0.5) is 0 Å². The zero-order valence-electron chi connectivity index (χ0n) is 9.09. The molecule has 0 amide bonds. The van der Waals surface area contributed by atoms with E-state index in [0.717, 1.165) is 13.2 Å². The van der Waals surface area contributed by atoms with Crippen molar-refractivity contribution in [2.45, 2.75) is 6.42 Å². The molecule has 16 heavy (non-hydrogen) atoms. The average Bonchev–Trinajstić information content (AvgIpc) is 2.25. The SMILES string of the molecule is C1COC1.O=C(OCCO)c1ccccc1. The van der Waals surface area contributed by atoms with Gasteiger partial charge in [-0.15, -0.1) is 0 Å². The fourth-order valence-electron chi connectivity index (χ4n) is 0.940. The Morgan fingerprint density at radius 3 is 2.31 bits per heavy atom. The lowest BCUT2D eigenvalue weighted by molar-refractivity contribution is 0.0367. The Balaban J connectivity index is 0.000000267. The van der Waals surface area contributed by atoms with Gasteiger partial charge >= 0.3 is 5.97 Å². The summed E-state index contributed by atoms with van der Waals surface area (Å²) < 4.78 is 9.41. The number of ether oxygens (including phenoxy) is 2.